The van der Waals surface area contributed by atoms with Crippen LogP contribution in [0.15, 0.2) is 18.2 Å². The molecule has 2 unspecified atom stereocenters. The lowest BCUT2D eigenvalue weighted by Crippen LogP contribution is -2.37. The van der Waals surface area contributed by atoms with E-state index in [2.05, 4.69) is 51.3 Å². The minimum atomic E-state index is 0.416. The molecule has 2 nitrogen and oxygen atoms in total. The summed E-state index contributed by atoms with van der Waals surface area (Å²) < 4.78 is 5.38. The predicted molar refractivity (Wildman–Crippen MR) is 85.3 cm³/mol. The van der Waals surface area contributed by atoms with Crippen molar-refractivity contribution in [2.45, 2.75) is 52.5 Å². The van der Waals surface area contributed by atoms with E-state index in [4.69, 9.17) is 4.74 Å². The van der Waals surface area contributed by atoms with Crippen molar-refractivity contribution < 1.29 is 4.74 Å². The minimum Gasteiger partial charge on any atom is -0.496 e. The molecule has 112 valence electrons. The van der Waals surface area contributed by atoms with E-state index in [9.17, 15) is 0 Å². The molecular formula is C18H29NO. The molecule has 1 aliphatic carbocycles. The standard InChI is InChI=1S/C18H29NO/c1-13-12-14(9-10-16(13)20-5)17(19-4)15-8-6-7-11-18(15,2)3/h9-10,12,15,17,19H,6-8,11H2,1-5H3. The van der Waals surface area contributed by atoms with Gasteiger partial charge in [0.2, 0.25) is 0 Å². The van der Waals surface area contributed by atoms with Crippen LogP contribution >= 0.6 is 0 Å². The first kappa shape index (κ1) is 15.4. The lowest BCUT2D eigenvalue weighted by Gasteiger charge is -2.43. The summed E-state index contributed by atoms with van der Waals surface area (Å²) in [5.74, 6) is 1.68. The Morgan fingerprint density at radius 2 is 2.05 bits per heavy atom. The average molecular weight is 275 g/mol. The summed E-state index contributed by atoms with van der Waals surface area (Å²) in [5.41, 5.74) is 3.03. The second-order valence-electron chi connectivity index (χ2n) is 6.84. The Bertz CT molecular complexity index is 453. The van der Waals surface area contributed by atoms with Crippen LogP contribution in [0.25, 0.3) is 0 Å². The Morgan fingerprint density at radius 3 is 2.60 bits per heavy atom. The number of ether oxygens (including phenoxy) is 1. The highest BCUT2D eigenvalue weighted by Crippen LogP contribution is 2.46. The van der Waals surface area contributed by atoms with Gasteiger partial charge in [0.25, 0.3) is 0 Å². The monoisotopic (exact) mass is 275 g/mol. The van der Waals surface area contributed by atoms with Crippen molar-refractivity contribution in [2.24, 2.45) is 11.3 Å². The third kappa shape index (κ3) is 3.01. The van der Waals surface area contributed by atoms with Crippen LogP contribution in [0.2, 0.25) is 0 Å². The van der Waals surface area contributed by atoms with E-state index < -0.39 is 0 Å². The van der Waals surface area contributed by atoms with Gasteiger partial charge in [0.1, 0.15) is 5.75 Å². The fourth-order valence-electron chi connectivity index (χ4n) is 3.83. The van der Waals surface area contributed by atoms with Crippen LogP contribution in [0.5, 0.6) is 5.75 Å². The second-order valence-corrected chi connectivity index (χ2v) is 6.84. The smallest absolute Gasteiger partial charge is 0.121 e. The maximum Gasteiger partial charge on any atom is 0.121 e. The van der Waals surface area contributed by atoms with Crippen molar-refractivity contribution in [1.82, 2.24) is 5.32 Å². The molecule has 0 heterocycles. The van der Waals surface area contributed by atoms with Gasteiger partial charge in [-0.25, -0.2) is 0 Å². The number of rotatable bonds is 4. The van der Waals surface area contributed by atoms with Gasteiger partial charge in [-0.05, 0) is 55.3 Å². The van der Waals surface area contributed by atoms with Gasteiger partial charge in [-0.1, -0.05) is 38.8 Å². The van der Waals surface area contributed by atoms with Gasteiger partial charge in [0.15, 0.2) is 0 Å². The quantitative estimate of drug-likeness (QED) is 0.874. The molecule has 0 radical (unpaired) electrons. The molecule has 20 heavy (non-hydrogen) atoms. The summed E-state index contributed by atoms with van der Waals surface area (Å²) in [7, 11) is 3.83. The van der Waals surface area contributed by atoms with Crippen LogP contribution in [0.1, 0.15) is 56.7 Å². The van der Waals surface area contributed by atoms with Crippen molar-refractivity contribution in [3.05, 3.63) is 29.3 Å². The van der Waals surface area contributed by atoms with Gasteiger partial charge < -0.3 is 10.1 Å². The summed E-state index contributed by atoms with van der Waals surface area (Å²) in [6, 6.07) is 7.04. The van der Waals surface area contributed by atoms with Gasteiger partial charge in [0.05, 0.1) is 7.11 Å². The van der Waals surface area contributed by atoms with Crippen molar-refractivity contribution >= 4 is 0 Å². The fraction of sp³-hybridized carbons (Fsp3) is 0.667. The number of nitrogens with one attached hydrogen (secondary N) is 1. The van der Waals surface area contributed by atoms with Gasteiger partial charge in [-0.15, -0.1) is 0 Å². The predicted octanol–water partition coefficient (Wildman–Crippen LogP) is 4.48. The molecule has 0 spiro atoms. The first-order valence-electron chi connectivity index (χ1n) is 7.81. The summed E-state index contributed by atoms with van der Waals surface area (Å²) >= 11 is 0. The lowest BCUT2D eigenvalue weighted by molar-refractivity contribution is 0.101. The van der Waals surface area contributed by atoms with Crippen LogP contribution in [0.4, 0.5) is 0 Å². The Morgan fingerprint density at radius 1 is 1.30 bits per heavy atom. The second kappa shape index (κ2) is 6.17. The molecular weight excluding hydrogens is 246 g/mol. The number of benzene rings is 1. The first-order valence-corrected chi connectivity index (χ1v) is 7.81. The Balaban J connectivity index is 2.29. The van der Waals surface area contributed by atoms with Crippen molar-refractivity contribution in [1.29, 1.82) is 0 Å². The van der Waals surface area contributed by atoms with Gasteiger partial charge in [0, 0.05) is 6.04 Å². The molecule has 1 fully saturated rings. The van der Waals surface area contributed by atoms with E-state index in [1.807, 2.05) is 0 Å². The number of hydrogen-bond donors (Lipinski definition) is 1. The van der Waals surface area contributed by atoms with Gasteiger partial charge in [-0.2, -0.15) is 0 Å². The van der Waals surface area contributed by atoms with Crippen LogP contribution < -0.4 is 10.1 Å². The number of aryl methyl sites for hydroxylation is 1. The lowest BCUT2D eigenvalue weighted by atomic mass is 9.65. The highest BCUT2D eigenvalue weighted by molar-refractivity contribution is 5.37. The van der Waals surface area contributed by atoms with Crippen molar-refractivity contribution in [3.8, 4) is 5.75 Å². The highest BCUT2D eigenvalue weighted by atomic mass is 16.5. The maximum absolute atomic E-state index is 5.38. The molecule has 2 heteroatoms. The average Bonchev–Trinajstić information content (AvgIpc) is 2.41. The molecule has 2 rings (SSSR count). The van der Waals surface area contributed by atoms with Crippen LogP contribution in [-0.4, -0.2) is 14.2 Å². The van der Waals surface area contributed by atoms with E-state index in [-0.39, 0.29) is 0 Å². The van der Waals surface area contributed by atoms with Crippen LogP contribution in [-0.2, 0) is 0 Å². The largest absolute Gasteiger partial charge is 0.496 e. The molecule has 1 aromatic rings. The third-order valence-electron chi connectivity index (χ3n) is 5.08. The molecule has 0 saturated heterocycles. The molecule has 1 saturated carbocycles. The third-order valence-corrected chi connectivity index (χ3v) is 5.08. The molecule has 0 bridgehead atoms. The summed E-state index contributed by atoms with van der Waals surface area (Å²) in [5, 5.41) is 3.57. The Labute approximate surface area is 123 Å². The molecule has 1 aromatic carbocycles. The minimum absolute atomic E-state index is 0.416. The van der Waals surface area contributed by atoms with Gasteiger partial charge >= 0.3 is 0 Å². The zero-order chi connectivity index (χ0) is 14.8. The fourth-order valence-corrected chi connectivity index (χ4v) is 3.83. The van der Waals surface area contributed by atoms with E-state index >= 15 is 0 Å². The maximum atomic E-state index is 5.38. The van der Waals surface area contributed by atoms with Crippen LogP contribution in [0, 0.1) is 18.3 Å². The zero-order valence-electron chi connectivity index (χ0n) is 13.6. The number of hydrogen-bond acceptors (Lipinski definition) is 2. The van der Waals surface area contributed by atoms with Crippen molar-refractivity contribution in [2.75, 3.05) is 14.2 Å². The van der Waals surface area contributed by atoms with E-state index in [0.29, 0.717) is 17.4 Å². The SMILES string of the molecule is CNC(c1ccc(OC)c(C)c1)C1CCCCC1(C)C. The molecule has 2 atom stereocenters. The zero-order valence-corrected chi connectivity index (χ0v) is 13.6. The van der Waals surface area contributed by atoms with E-state index in [1.54, 1.807) is 7.11 Å². The molecule has 1 aliphatic rings. The van der Waals surface area contributed by atoms with Crippen molar-refractivity contribution in [3.63, 3.8) is 0 Å². The Hall–Kier alpha value is -1.02. The highest BCUT2D eigenvalue weighted by Gasteiger charge is 2.37. The molecule has 0 aromatic heterocycles. The summed E-state index contributed by atoms with van der Waals surface area (Å²) in [6.07, 6.45) is 5.40. The normalized spacial score (nSPS) is 23.4. The van der Waals surface area contributed by atoms with Gasteiger partial charge in [-0.3, -0.25) is 0 Å². The van der Waals surface area contributed by atoms with E-state index in [0.717, 1.165) is 5.75 Å². The molecule has 1 N–H and O–H groups in total. The summed E-state index contributed by atoms with van der Waals surface area (Å²) in [4.78, 5) is 0. The molecule has 0 amide bonds. The van der Waals surface area contributed by atoms with Crippen LogP contribution in [0.3, 0.4) is 0 Å². The van der Waals surface area contributed by atoms with E-state index in [1.165, 1.54) is 36.8 Å². The number of methoxy groups -OCH3 is 1. The first-order chi connectivity index (χ1) is 9.49. The molecule has 0 aliphatic heterocycles. The Kier molecular flexibility index (Phi) is 4.74. The topological polar surface area (TPSA) is 21.3 Å². The summed E-state index contributed by atoms with van der Waals surface area (Å²) in [6.45, 7) is 6.98.